The predicted molar refractivity (Wildman–Crippen MR) is 53.6 cm³/mol. The molecular weight excluding hydrogens is 198 g/mol. The normalized spacial score (nSPS) is 10.9. The molecule has 14 heavy (non-hydrogen) atoms. The van der Waals surface area contributed by atoms with Crippen LogP contribution in [-0.2, 0) is 16.3 Å². The number of sulfone groups is 1. The van der Waals surface area contributed by atoms with E-state index in [1.807, 2.05) is 6.07 Å². The summed E-state index contributed by atoms with van der Waals surface area (Å²) in [5, 5.41) is 8.51. The maximum Gasteiger partial charge on any atom is 0.175 e. The molecule has 0 aliphatic heterocycles. The van der Waals surface area contributed by atoms with Gasteiger partial charge in [0.25, 0.3) is 0 Å². The minimum atomic E-state index is -3.14. The second-order valence-electron chi connectivity index (χ2n) is 3.20. The Morgan fingerprint density at radius 1 is 1.43 bits per heavy atom. The van der Waals surface area contributed by atoms with Gasteiger partial charge < -0.3 is 0 Å². The summed E-state index contributed by atoms with van der Waals surface area (Å²) in [4.78, 5) is 0.302. The number of benzene rings is 1. The minimum Gasteiger partial charge on any atom is -0.224 e. The Kier molecular flexibility index (Phi) is 2.92. The Morgan fingerprint density at radius 3 is 2.50 bits per heavy atom. The van der Waals surface area contributed by atoms with Gasteiger partial charge >= 0.3 is 0 Å². The fraction of sp³-hybridized carbons (Fsp3) is 0.300. The highest BCUT2D eigenvalue weighted by Gasteiger charge is 2.08. The maximum absolute atomic E-state index is 11.2. The summed E-state index contributed by atoms with van der Waals surface area (Å²) < 4.78 is 22.4. The van der Waals surface area contributed by atoms with Gasteiger partial charge in [-0.15, -0.1) is 0 Å². The number of nitriles is 1. The van der Waals surface area contributed by atoms with Crippen molar-refractivity contribution in [3.05, 3.63) is 29.3 Å². The molecule has 0 amide bonds. The molecule has 0 radical (unpaired) electrons. The van der Waals surface area contributed by atoms with E-state index in [-0.39, 0.29) is 0 Å². The SMILES string of the molecule is Cc1cc(S(C)(=O)=O)ccc1CC#N. The minimum absolute atomic E-state index is 0.302. The van der Waals surface area contributed by atoms with E-state index in [2.05, 4.69) is 0 Å². The molecule has 0 heterocycles. The molecule has 1 aromatic rings. The van der Waals surface area contributed by atoms with Crippen molar-refractivity contribution >= 4 is 9.84 Å². The van der Waals surface area contributed by atoms with Crippen LogP contribution in [0.5, 0.6) is 0 Å². The molecule has 0 saturated carbocycles. The first-order valence-corrected chi connectivity index (χ1v) is 6.01. The monoisotopic (exact) mass is 209 g/mol. The molecule has 3 nitrogen and oxygen atoms in total. The summed E-state index contributed by atoms with van der Waals surface area (Å²) in [5.41, 5.74) is 1.72. The number of hydrogen-bond acceptors (Lipinski definition) is 3. The third-order valence-electron chi connectivity index (χ3n) is 2.01. The quantitative estimate of drug-likeness (QED) is 0.741. The van der Waals surface area contributed by atoms with E-state index in [1.165, 1.54) is 12.3 Å². The fourth-order valence-corrected chi connectivity index (χ4v) is 1.89. The average molecular weight is 209 g/mol. The molecule has 0 bridgehead atoms. The smallest absolute Gasteiger partial charge is 0.175 e. The Hall–Kier alpha value is -1.34. The Morgan fingerprint density at radius 2 is 2.07 bits per heavy atom. The Balaban J connectivity index is 3.21. The second kappa shape index (κ2) is 3.81. The van der Waals surface area contributed by atoms with Gasteiger partial charge in [-0.2, -0.15) is 5.26 Å². The van der Waals surface area contributed by atoms with Crippen LogP contribution in [0.25, 0.3) is 0 Å². The first-order valence-electron chi connectivity index (χ1n) is 4.11. The molecule has 0 atom stereocenters. The van der Waals surface area contributed by atoms with Crippen LogP contribution in [0.1, 0.15) is 11.1 Å². The van der Waals surface area contributed by atoms with Crippen molar-refractivity contribution in [2.75, 3.05) is 6.26 Å². The molecule has 4 heteroatoms. The highest BCUT2D eigenvalue weighted by Crippen LogP contribution is 2.15. The Bertz CT molecular complexity index is 483. The summed E-state index contributed by atoms with van der Waals surface area (Å²) >= 11 is 0. The topological polar surface area (TPSA) is 57.9 Å². The van der Waals surface area contributed by atoms with Crippen molar-refractivity contribution in [3.8, 4) is 6.07 Å². The van der Waals surface area contributed by atoms with Gasteiger partial charge in [0.15, 0.2) is 9.84 Å². The third kappa shape index (κ3) is 2.33. The van der Waals surface area contributed by atoms with E-state index in [0.29, 0.717) is 11.3 Å². The zero-order chi connectivity index (χ0) is 10.8. The van der Waals surface area contributed by atoms with E-state index >= 15 is 0 Å². The molecule has 0 unspecified atom stereocenters. The molecule has 0 aliphatic carbocycles. The highest BCUT2D eigenvalue weighted by molar-refractivity contribution is 7.90. The van der Waals surface area contributed by atoms with Crippen molar-refractivity contribution < 1.29 is 8.42 Å². The lowest BCUT2D eigenvalue weighted by Gasteiger charge is -2.03. The van der Waals surface area contributed by atoms with Crippen LogP contribution in [0.15, 0.2) is 23.1 Å². The molecule has 0 aromatic heterocycles. The Labute approximate surface area is 83.9 Å². The lowest BCUT2D eigenvalue weighted by atomic mass is 10.1. The number of hydrogen-bond donors (Lipinski definition) is 0. The van der Waals surface area contributed by atoms with E-state index in [9.17, 15) is 8.42 Å². The summed E-state index contributed by atoms with van der Waals surface area (Å²) in [7, 11) is -3.14. The van der Waals surface area contributed by atoms with Gasteiger partial charge in [0, 0.05) is 6.26 Å². The molecule has 74 valence electrons. The van der Waals surface area contributed by atoms with Crippen LogP contribution in [0.3, 0.4) is 0 Å². The van der Waals surface area contributed by atoms with Gasteiger partial charge in [-0.05, 0) is 30.2 Å². The van der Waals surface area contributed by atoms with Crippen LogP contribution in [0.2, 0.25) is 0 Å². The van der Waals surface area contributed by atoms with Crippen LogP contribution in [0.4, 0.5) is 0 Å². The maximum atomic E-state index is 11.2. The van der Waals surface area contributed by atoms with Gasteiger partial charge in [0.2, 0.25) is 0 Å². The second-order valence-corrected chi connectivity index (χ2v) is 5.21. The average Bonchev–Trinajstić information content (AvgIpc) is 2.07. The number of aryl methyl sites for hydroxylation is 1. The van der Waals surface area contributed by atoms with Crippen LogP contribution in [-0.4, -0.2) is 14.7 Å². The summed E-state index contributed by atoms with van der Waals surface area (Å²) in [5.74, 6) is 0. The molecule has 1 aromatic carbocycles. The molecule has 1 rings (SSSR count). The van der Waals surface area contributed by atoms with Crippen molar-refractivity contribution in [1.29, 1.82) is 5.26 Å². The molecule has 0 aliphatic rings. The van der Waals surface area contributed by atoms with Crippen LogP contribution >= 0.6 is 0 Å². The lowest BCUT2D eigenvalue weighted by Crippen LogP contribution is -1.98. The highest BCUT2D eigenvalue weighted by atomic mass is 32.2. The summed E-state index contributed by atoms with van der Waals surface area (Å²) in [6.45, 7) is 1.81. The standard InChI is InChI=1S/C10H11NO2S/c1-8-7-10(14(2,12)13)4-3-9(8)5-6-11/h3-4,7H,5H2,1-2H3. The number of nitrogens with zero attached hydrogens (tertiary/aromatic N) is 1. The predicted octanol–water partition coefficient (Wildman–Crippen LogP) is 1.46. The van der Waals surface area contributed by atoms with Crippen molar-refractivity contribution in [3.63, 3.8) is 0 Å². The summed E-state index contributed by atoms with van der Waals surface area (Å²) in [6.07, 6.45) is 1.49. The molecule has 0 spiro atoms. The summed E-state index contributed by atoms with van der Waals surface area (Å²) in [6, 6.07) is 6.86. The van der Waals surface area contributed by atoms with Crippen molar-refractivity contribution in [2.24, 2.45) is 0 Å². The molecule has 0 saturated heterocycles. The van der Waals surface area contributed by atoms with Crippen LogP contribution in [0, 0.1) is 18.3 Å². The largest absolute Gasteiger partial charge is 0.224 e. The molecule has 0 fully saturated rings. The van der Waals surface area contributed by atoms with E-state index in [0.717, 1.165) is 11.1 Å². The van der Waals surface area contributed by atoms with Gasteiger partial charge in [0.1, 0.15) is 0 Å². The van der Waals surface area contributed by atoms with Gasteiger partial charge in [-0.1, -0.05) is 6.07 Å². The van der Waals surface area contributed by atoms with Crippen LogP contribution < -0.4 is 0 Å². The lowest BCUT2D eigenvalue weighted by molar-refractivity contribution is 0.602. The van der Waals surface area contributed by atoms with E-state index < -0.39 is 9.84 Å². The van der Waals surface area contributed by atoms with E-state index in [1.54, 1.807) is 19.1 Å². The first kappa shape index (κ1) is 10.7. The zero-order valence-corrected chi connectivity index (χ0v) is 8.93. The van der Waals surface area contributed by atoms with Crippen molar-refractivity contribution in [1.82, 2.24) is 0 Å². The third-order valence-corrected chi connectivity index (χ3v) is 3.12. The van der Waals surface area contributed by atoms with Crippen molar-refractivity contribution in [2.45, 2.75) is 18.2 Å². The van der Waals surface area contributed by atoms with Gasteiger partial charge in [-0.25, -0.2) is 8.42 Å². The van der Waals surface area contributed by atoms with Gasteiger partial charge in [0.05, 0.1) is 17.4 Å². The fourth-order valence-electron chi connectivity index (χ4n) is 1.18. The molecular formula is C10H11NO2S. The van der Waals surface area contributed by atoms with Gasteiger partial charge in [-0.3, -0.25) is 0 Å². The molecule has 0 N–H and O–H groups in total. The zero-order valence-electron chi connectivity index (χ0n) is 8.11. The number of rotatable bonds is 2. The first-order chi connectivity index (χ1) is 6.45. The van der Waals surface area contributed by atoms with E-state index in [4.69, 9.17) is 5.26 Å².